The van der Waals surface area contributed by atoms with E-state index in [0.717, 1.165) is 32.1 Å². The van der Waals surface area contributed by atoms with Gasteiger partial charge in [-0.2, -0.15) is 0 Å². The maximum absolute atomic E-state index is 12.9. The van der Waals surface area contributed by atoms with E-state index in [2.05, 4.69) is 24.2 Å². The first kappa shape index (κ1) is 16.3. The molecule has 1 saturated heterocycles. The molecular weight excluding hydrogens is 316 g/mol. The molecule has 1 aliphatic carbocycles. The zero-order chi connectivity index (χ0) is 17.4. The monoisotopic (exact) mass is 340 g/mol. The van der Waals surface area contributed by atoms with Gasteiger partial charge >= 0.3 is 0 Å². The van der Waals surface area contributed by atoms with E-state index in [9.17, 15) is 9.90 Å². The summed E-state index contributed by atoms with van der Waals surface area (Å²) < 4.78 is 5.24. The van der Waals surface area contributed by atoms with Gasteiger partial charge in [0.25, 0.3) is 5.91 Å². The van der Waals surface area contributed by atoms with Crippen molar-refractivity contribution in [3.05, 3.63) is 52.9 Å². The fraction of sp³-hybridized carbons (Fsp3) is 0.500. The van der Waals surface area contributed by atoms with E-state index >= 15 is 0 Å². The molecule has 1 atom stereocenters. The molecule has 5 heteroatoms. The molecule has 4 rings (SSSR count). The highest BCUT2D eigenvalue weighted by atomic mass is 16.5. The average molecular weight is 340 g/mol. The second-order valence-electron chi connectivity index (χ2n) is 7.24. The molecule has 1 fully saturated rings. The van der Waals surface area contributed by atoms with Crippen LogP contribution in [0.15, 0.2) is 35.0 Å². The Morgan fingerprint density at radius 3 is 2.88 bits per heavy atom. The SMILES string of the molecule is CCCc1oncc1C(=O)N1CCC2(CC1)c1ccccc1C[C@@H]2O. The van der Waals surface area contributed by atoms with Crippen molar-refractivity contribution in [3.8, 4) is 0 Å². The molecule has 2 aliphatic rings. The number of carbonyl (C=O) groups excluding carboxylic acids is 1. The van der Waals surface area contributed by atoms with Crippen molar-refractivity contribution >= 4 is 5.91 Å². The van der Waals surface area contributed by atoms with Crippen LogP contribution in [0.25, 0.3) is 0 Å². The van der Waals surface area contributed by atoms with Gasteiger partial charge in [0.05, 0.1) is 12.3 Å². The molecule has 2 heterocycles. The van der Waals surface area contributed by atoms with Gasteiger partial charge in [0.2, 0.25) is 0 Å². The van der Waals surface area contributed by atoms with E-state index in [1.165, 1.54) is 17.3 Å². The Hall–Kier alpha value is -2.14. The van der Waals surface area contributed by atoms with Crippen LogP contribution < -0.4 is 0 Å². The van der Waals surface area contributed by atoms with Crippen LogP contribution in [0.4, 0.5) is 0 Å². The number of hydrogen-bond acceptors (Lipinski definition) is 4. The summed E-state index contributed by atoms with van der Waals surface area (Å²) in [4.78, 5) is 14.7. The standard InChI is InChI=1S/C20H24N2O3/c1-2-5-17-15(13-21-25-17)19(24)22-10-8-20(9-11-22)16-7-4-3-6-14(16)12-18(20)23/h3-4,6-7,13,18,23H,2,5,8-12H2,1H3/t18-/m0/s1. The van der Waals surface area contributed by atoms with Crippen LogP contribution in [0, 0.1) is 0 Å². The zero-order valence-electron chi connectivity index (χ0n) is 14.6. The smallest absolute Gasteiger partial charge is 0.259 e. The van der Waals surface area contributed by atoms with E-state index in [1.807, 2.05) is 17.0 Å². The lowest BCUT2D eigenvalue weighted by Gasteiger charge is -2.42. The summed E-state index contributed by atoms with van der Waals surface area (Å²) in [6, 6.07) is 8.33. The van der Waals surface area contributed by atoms with Crippen molar-refractivity contribution in [3.63, 3.8) is 0 Å². The third kappa shape index (κ3) is 2.58. The molecule has 5 nitrogen and oxygen atoms in total. The molecule has 1 spiro atoms. The van der Waals surface area contributed by atoms with Crippen LogP contribution in [0.5, 0.6) is 0 Å². The Labute approximate surface area is 147 Å². The topological polar surface area (TPSA) is 66.6 Å². The number of amides is 1. The van der Waals surface area contributed by atoms with E-state index in [4.69, 9.17) is 4.52 Å². The summed E-state index contributed by atoms with van der Waals surface area (Å²) in [5.74, 6) is 0.680. The number of likely N-dealkylation sites (tertiary alicyclic amines) is 1. The number of carbonyl (C=O) groups is 1. The Bertz CT molecular complexity index is 775. The van der Waals surface area contributed by atoms with Crippen LogP contribution in [-0.2, 0) is 18.3 Å². The Morgan fingerprint density at radius 1 is 1.36 bits per heavy atom. The predicted octanol–water partition coefficient (Wildman–Crippen LogP) is 2.72. The van der Waals surface area contributed by atoms with Crippen molar-refractivity contribution in [2.45, 2.75) is 50.5 Å². The molecule has 0 unspecified atom stereocenters. The molecule has 1 aliphatic heterocycles. The summed E-state index contributed by atoms with van der Waals surface area (Å²) in [6.45, 7) is 3.36. The minimum Gasteiger partial charge on any atom is -0.392 e. The highest BCUT2D eigenvalue weighted by Crippen LogP contribution is 2.46. The van der Waals surface area contributed by atoms with E-state index < -0.39 is 0 Å². The van der Waals surface area contributed by atoms with Crippen molar-refractivity contribution < 1.29 is 14.4 Å². The summed E-state index contributed by atoms with van der Waals surface area (Å²) in [6.07, 6.45) is 5.14. The van der Waals surface area contributed by atoms with Crippen LogP contribution in [0.1, 0.15) is 53.4 Å². The van der Waals surface area contributed by atoms with Crippen LogP contribution in [0.3, 0.4) is 0 Å². The van der Waals surface area contributed by atoms with Crippen LogP contribution in [-0.4, -0.2) is 40.3 Å². The second kappa shape index (κ2) is 6.30. The van der Waals surface area contributed by atoms with E-state index in [0.29, 0.717) is 24.4 Å². The van der Waals surface area contributed by atoms with E-state index in [-0.39, 0.29) is 17.4 Å². The number of rotatable bonds is 3. The fourth-order valence-corrected chi connectivity index (χ4v) is 4.49. The van der Waals surface area contributed by atoms with Gasteiger partial charge in [0.1, 0.15) is 11.3 Å². The zero-order valence-corrected chi connectivity index (χ0v) is 14.6. The van der Waals surface area contributed by atoms with Crippen LogP contribution >= 0.6 is 0 Å². The molecule has 1 N–H and O–H groups in total. The highest BCUT2D eigenvalue weighted by Gasteiger charge is 2.48. The number of piperidine rings is 1. The lowest BCUT2D eigenvalue weighted by molar-refractivity contribution is 0.0364. The highest BCUT2D eigenvalue weighted by molar-refractivity contribution is 5.95. The number of hydrogen-bond donors (Lipinski definition) is 1. The molecule has 25 heavy (non-hydrogen) atoms. The van der Waals surface area contributed by atoms with Crippen molar-refractivity contribution in [1.82, 2.24) is 10.1 Å². The number of fused-ring (bicyclic) bond motifs is 2. The molecule has 132 valence electrons. The Kier molecular flexibility index (Phi) is 4.12. The Balaban J connectivity index is 1.52. The van der Waals surface area contributed by atoms with Gasteiger partial charge in [0, 0.05) is 24.9 Å². The molecule has 0 bridgehead atoms. The minimum atomic E-state index is -0.353. The van der Waals surface area contributed by atoms with Gasteiger partial charge in [-0.3, -0.25) is 4.79 Å². The first-order chi connectivity index (χ1) is 12.2. The number of benzene rings is 1. The molecule has 1 aromatic heterocycles. The van der Waals surface area contributed by atoms with E-state index in [1.54, 1.807) is 0 Å². The maximum atomic E-state index is 12.9. The largest absolute Gasteiger partial charge is 0.392 e. The van der Waals surface area contributed by atoms with Crippen LogP contribution in [0.2, 0.25) is 0 Å². The summed E-state index contributed by atoms with van der Waals surface area (Å²) in [5.41, 5.74) is 2.91. The number of nitrogens with zero attached hydrogens (tertiary/aromatic N) is 2. The van der Waals surface area contributed by atoms with Gasteiger partial charge < -0.3 is 14.5 Å². The lowest BCUT2D eigenvalue weighted by atomic mass is 9.72. The average Bonchev–Trinajstić information content (AvgIpc) is 3.19. The quantitative estimate of drug-likeness (QED) is 0.933. The minimum absolute atomic E-state index is 0.000298. The van der Waals surface area contributed by atoms with Crippen molar-refractivity contribution in [2.75, 3.05) is 13.1 Å². The van der Waals surface area contributed by atoms with Gasteiger partial charge in [-0.25, -0.2) is 0 Å². The number of aliphatic hydroxyl groups is 1. The lowest BCUT2D eigenvalue weighted by Crippen LogP contribution is -2.49. The molecule has 2 aromatic rings. The van der Waals surface area contributed by atoms with Gasteiger partial charge in [-0.15, -0.1) is 0 Å². The van der Waals surface area contributed by atoms with Gasteiger partial charge in [-0.05, 0) is 36.8 Å². The third-order valence-electron chi connectivity index (χ3n) is 5.90. The van der Waals surface area contributed by atoms with Gasteiger partial charge in [-0.1, -0.05) is 36.3 Å². The number of aromatic nitrogens is 1. The number of aliphatic hydroxyl groups excluding tert-OH is 1. The Morgan fingerprint density at radius 2 is 2.12 bits per heavy atom. The molecule has 1 amide bonds. The van der Waals surface area contributed by atoms with Crippen molar-refractivity contribution in [2.24, 2.45) is 0 Å². The maximum Gasteiger partial charge on any atom is 0.259 e. The third-order valence-corrected chi connectivity index (χ3v) is 5.90. The second-order valence-corrected chi connectivity index (χ2v) is 7.24. The predicted molar refractivity (Wildman–Crippen MR) is 93.5 cm³/mol. The summed E-state index contributed by atoms with van der Waals surface area (Å²) >= 11 is 0. The van der Waals surface area contributed by atoms with Gasteiger partial charge in [0.15, 0.2) is 0 Å². The van der Waals surface area contributed by atoms with Crippen molar-refractivity contribution in [1.29, 1.82) is 0 Å². The normalized spacial score (nSPS) is 21.5. The molecule has 0 radical (unpaired) electrons. The fourth-order valence-electron chi connectivity index (χ4n) is 4.49. The molecule has 0 saturated carbocycles. The first-order valence-electron chi connectivity index (χ1n) is 9.15. The molecule has 1 aromatic carbocycles. The molecular formula is C20H24N2O3. The summed E-state index contributed by atoms with van der Waals surface area (Å²) in [5, 5.41) is 14.5. The first-order valence-corrected chi connectivity index (χ1v) is 9.15. The summed E-state index contributed by atoms with van der Waals surface area (Å²) in [7, 11) is 0. The number of aryl methyl sites for hydroxylation is 1.